The number of rotatable bonds is 13. The predicted molar refractivity (Wildman–Crippen MR) is 157 cm³/mol. The van der Waals surface area contributed by atoms with Crippen molar-refractivity contribution in [3.63, 3.8) is 0 Å². The first-order valence-electron chi connectivity index (χ1n) is 12.3. The van der Waals surface area contributed by atoms with Crippen molar-refractivity contribution in [3.05, 3.63) is 64.0 Å². The number of aromatic nitrogens is 1. The smallest absolute Gasteiger partial charge is 0.352 e. The van der Waals surface area contributed by atoms with Crippen molar-refractivity contribution in [3.8, 4) is 0 Å². The molecule has 41 heavy (non-hydrogen) atoms. The maximum Gasteiger partial charge on any atom is 0.352 e. The lowest BCUT2D eigenvalue weighted by Gasteiger charge is -2.49. The molecule has 10 nitrogen and oxygen atoms in total. The minimum Gasteiger partial charge on any atom is -0.479 e. The Morgan fingerprint density at radius 3 is 2.56 bits per heavy atom. The van der Waals surface area contributed by atoms with Crippen LogP contribution >= 0.6 is 58.5 Å². The molecule has 2 aliphatic heterocycles. The molecule has 0 bridgehead atoms. The van der Waals surface area contributed by atoms with Crippen LogP contribution in [0, 0.1) is 0 Å². The Balaban J connectivity index is 1.31. The summed E-state index contributed by atoms with van der Waals surface area (Å²) in [6.07, 6.45) is 2.94. The fraction of sp³-hybridized carbons (Fsp3) is 0.346. The third-order valence-electron chi connectivity index (χ3n) is 6.27. The van der Waals surface area contributed by atoms with E-state index in [0.29, 0.717) is 45.0 Å². The summed E-state index contributed by atoms with van der Waals surface area (Å²) in [6, 6.07) is 7.87. The molecule has 4 rings (SSSR count). The average Bonchev–Trinajstić information content (AvgIpc) is 2.95. The van der Waals surface area contributed by atoms with Crippen LogP contribution in [0.4, 0.5) is 0 Å². The summed E-state index contributed by atoms with van der Waals surface area (Å²) in [4.78, 5) is 51.2. The number of carboxylic acids is 2. The van der Waals surface area contributed by atoms with Crippen LogP contribution in [0.15, 0.2) is 63.8 Å². The molecule has 0 aliphatic carbocycles. The number of carbonyl (C=O) groups excluding carboxylic acids is 2. The molecule has 0 saturated carbocycles. The molecule has 2 amide bonds. The highest BCUT2D eigenvalue weighted by Gasteiger charge is 2.54. The predicted octanol–water partition coefficient (Wildman–Crippen LogP) is 3.13. The minimum absolute atomic E-state index is 0.0199. The number of benzene rings is 1. The summed E-state index contributed by atoms with van der Waals surface area (Å²) in [6.45, 7) is 0.545. The van der Waals surface area contributed by atoms with Crippen LogP contribution in [0.1, 0.15) is 12.8 Å². The second-order valence-electron chi connectivity index (χ2n) is 9.13. The van der Waals surface area contributed by atoms with E-state index in [9.17, 15) is 29.4 Å². The molecule has 1 aromatic heterocycles. The van der Waals surface area contributed by atoms with Crippen LogP contribution < -0.4 is 9.88 Å². The van der Waals surface area contributed by atoms with Crippen molar-refractivity contribution in [1.29, 1.82) is 0 Å². The molecule has 0 radical (unpaired) electrons. The minimum atomic E-state index is -1.38. The Bertz CT molecular complexity index is 1380. The normalized spacial score (nSPS) is 18.9. The number of carboxylic acid groups (broad SMARTS) is 2. The second kappa shape index (κ2) is 14.2. The van der Waals surface area contributed by atoms with Gasteiger partial charge in [-0.2, -0.15) is 0 Å². The number of nitrogens with one attached hydrogen (secondary N) is 1. The Labute approximate surface area is 258 Å². The molecule has 1 fully saturated rings. The van der Waals surface area contributed by atoms with E-state index in [0.717, 1.165) is 4.90 Å². The monoisotopic (exact) mass is 658 g/mol. The molecule has 15 heteroatoms. The zero-order chi connectivity index (χ0) is 29.7. The van der Waals surface area contributed by atoms with Crippen LogP contribution in [-0.2, 0) is 25.7 Å². The molecule has 1 saturated heterocycles. The Morgan fingerprint density at radius 2 is 1.88 bits per heavy atom. The molecule has 3 atom stereocenters. The molecule has 1 aromatic carbocycles. The number of hydrogen-bond acceptors (Lipinski definition) is 8. The number of thioether (sulfide) groups is 3. The lowest BCUT2D eigenvalue weighted by atomic mass is 10.0. The largest absolute Gasteiger partial charge is 0.479 e. The van der Waals surface area contributed by atoms with E-state index >= 15 is 0 Å². The number of β-lactam (4-membered cyclic amide) rings is 1. The van der Waals surface area contributed by atoms with E-state index in [1.807, 2.05) is 29.1 Å². The molecule has 0 spiro atoms. The standard InChI is InChI=1S/C26H25Cl2N3O7S3/c27-15-3-4-17(28)19(10-15)40-13-20(33)29-21-23(34)31-22(26(37)38)14(12-41-24(21)31)11-39-16-5-8-30(9-6-16)7-1-2-18(32)25(35)36/h3-6,8-10,18,21,24,32H,1-2,7,11-13H2,(H2-,29,33,35,36,37,38)/p+1/t18-,21-,24+/m0/s1. The maximum atomic E-state index is 12.9. The molecule has 4 N–H and O–H groups in total. The zero-order valence-corrected chi connectivity index (χ0v) is 25.3. The second-order valence-corrected chi connectivity index (χ2v) is 13.1. The average molecular weight is 660 g/mol. The Hall–Kier alpha value is -2.42. The lowest BCUT2D eigenvalue weighted by molar-refractivity contribution is -0.697. The number of pyridine rings is 1. The van der Waals surface area contributed by atoms with Gasteiger partial charge < -0.3 is 20.6 Å². The van der Waals surface area contributed by atoms with Crippen LogP contribution in [0.3, 0.4) is 0 Å². The summed E-state index contributed by atoms with van der Waals surface area (Å²) >= 11 is 16.2. The summed E-state index contributed by atoms with van der Waals surface area (Å²) in [5, 5.41) is 31.2. The Morgan fingerprint density at radius 1 is 1.15 bits per heavy atom. The van der Waals surface area contributed by atoms with Gasteiger partial charge in [0, 0.05) is 44.9 Å². The number of aliphatic carboxylic acids is 2. The van der Waals surface area contributed by atoms with E-state index < -0.39 is 35.4 Å². The molecular formula is C26H26Cl2N3O7S3+. The van der Waals surface area contributed by atoms with Crippen LogP contribution in [-0.4, -0.2) is 78.8 Å². The van der Waals surface area contributed by atoms with Crippen LogP contribution in [0.2, 0.25) is 10.0 Å². The molecule has 218 valence electrons. The van der Waals surface area contributed by atoms with Gasteiger partial charge in [-0.25, -0.2) is 14.2 Å². The molecule has 0 unspecified atom stereocenters. The van der Waals surface area contributed by atoms with Crippen molar-refractivity contribution in [1.82, 2.24) is 10.2 Å². The van der Waals surface area contributed by atoms with E-state index in [2.05, 4.69) is 5.32 Å². The van der Waals surface area contributed by atoms with E-state index in [1.165, 1.54) is 40.2 Å². The molecule has 2 aliphatic rings. The Kier molecular flexibility index (Phi) is 10.9. The van der Waals surface area contributed by atoms with Crippen molar-refractivity contribution in [2.24, 2.45) is 0 Å². The highest BCUT2D eigenvalue weighted by atomic mass is 35.5. The number of nitrogens with zero attached hydrogens (tertiary/aromatic N) is 2. The van der Waals surface area contributed by atoms with Gasteiger partial charge in [0.05, 0.1) is 10.8 Å². The number of carbonyl (C=O) groups is 4. The number of aryl methyl sites for hydroxylation is 1. The fourth-order valence-corrected chi connectivity index (χ4v) is 7.86. The number of aliphatic hydroxyl groups is 1. The highest BCUT2D eigenvalue weighted by Crippen LogP contribution is 2.41. The number of aliphatic hydroxyl groups excluding tert-OH is 1. The fourth-order valence-electron chi connectivity index (χ4n) is 4.19. The summed E-state index contributed by atoms with van der Waals surface area (Å²) in [5.41, 5.74) is 0.576. The third-order valence-corrected chi connectivity index (χ3v) is 10.4. The van der Waals surface area contributed by atoms with Gasteiger partial charge in [-0.05, 0) is 30.2 Å². The van der Waals surface area contributed by atoms with E-state index in [4.69, 9.17) is 28.3 Å². The molecule has 2 aromatic rings. The van der Waals surface area contributed by atoms with Gasteiger partial charge in [0.15, 0.2) is 18.5 Å². The number of halogens is 2. The van der Waals surface area contributed by atoms with Gasteiger partial charge in [-0.1, -0.05) is 23.2 Å². The zero-order valence-electron chi connectivity index (χ0n) is 21.4. The van der Waals surface area contributed by atoms with Gasteiger partial charge in [0.2, 0.25) is 5.91 Å². The van der Waals surface area contributed by atoms with E-state index in [-0.39, 0.29) is 23.8 Å². The van der Waals surface area contributed by atoms with Crippen molar-refractivity contribution in [2.75, 3.05) is 17.3 Å². The van der Waals surface area contributed by atoms with Crippen molar-refractivity contribution >= 4 is 82.2 Å². The third kappa shape index (κ3) is 7.90. The highest BCUT2D eigenvalue weighted by molar-refractivity contribution is 8.01. The molecular weight excluding hydrogens is 633 g/mol. The first-order valence-corrected chi connectivity index (χ1v) is 16.1. The number of hydrogen-bond donors (Lipinski definition) is 4. The van der Waals surface area contributed by atoms with Gasteiger partial charge in [-0.15, -0.1) is 35.3 Å². The first-order chi connectivity index (χ1) is 19.5. The summed E-state index contributed by atoms with van der Waals surface area (Å²) in [7, 11) is 0. The van der Waals surface area contributed by atoms with Gasteiger partial charge in [0.25, 0.3) is 5.91 Å². The van der Waals surface area contributed by atoms with Crippen molar-refractivity contribution < 1.29 is 39.1 Å². The lowest BCUT2D eigenvalue weighted by Crippen LogP contribution is -2.70. The topological polar surface area (TPSA) is 148 Å². The molecule has 3 heterocycles. The quantitative estimate of drug-likeness (QED) is 0.144. The maximum absolute atomic E-state index is 12.9. The van der Waals surface area contributed by atoms with Crippen LogP contribution in [0.5, 0.6) is 0 Å². The van der Waals surface area contributed by atoms with Gasteiger partial charge in [0.1, 0.15) is 23.7 Å². The van der Waals surface area contributed by atoms with Crippen LogP contribution in [0.25, 0.3) is 0 Å². The van der Waals surface area contributed by atoms with Gasteiger partial charge >= 0.3 is 11.9 Å². The van der Waals surface area contributed by atoms with Gasteiger partial charge in [-0.3, -0.25) is 14.5 Å². The summed E-state index contributed by atoms with van der Waals surface area (Å²) < 4.78 is 1.87. The number of amides is 2. The number of fused-ring (bicyclic) bond motifs is 1. The first kappa shape index (κ1) is 31.5. The van der Waals surface area contributed by atoms with E-state index in [1.54, 1.807) is 18.2 Å². The van der Waals surface area contributed by atoms with Crippen molar-refractivity contribution in [2.45, 2.75) is 46.7 Å². The SMILES string of the molecule is O=C(CSc1cc(Cl)ccc1Cl)N[C@H]1C(=O)N2C(C(=O)O)=C(CSc3cc[n+](CCC[C@H](O)C(=O)O)cc3)CS[C@H]12. The summed E-state index contributed by atoms with van der Waals surface area (Å²) in [5.74, 6) is -2.47.